The van der Waals surface area contributed by atoms with Crippen LogP contribution in [-0.4, -0.2) is 19.9 Å². The average Bonchev–Trinajstić information content (AvgIpc) is 2.84. The lowest BCUT2D eigenvalue weighted by Crippen LogP contribution is -2.06. The number of nitrogens with zero attached hydrogens (tertiary/aromatic N) is 3. The normalized spacial score (nSPS) is 12.8. The van der Waals surface area contributed by atoms with Gasteiger partial charge in [-0.15, -0.1) is 0 Å². The van der Waals surface area contributed by atoms with Gasteiger partial charge in [-0.3, -0.25) is 9.67 Å². The number of benzene rings is 1. The van der Waals surface area contributed by atoms with Crippen LogP contribution in [0.15, 0.2) is 42.6 Å². The van der Waals surface area contributed by atoms with Crippen molar-refractivity contribution in [3.63, 3.8) is 0 Å². The molecule has 4 heteroatoms. The topological polar surface area (TPSA) is 50.9 Å². The van der Waals surface area contributed by atoms with Gasteiger partial charge < -0.3 is 5.11 Å². The number of pyridine rings is 1. The molecule has 0 saturated carbocycles. The molecule has 0 aliphatic rings. The molecule has 3 aromatic rings. The highest BCUT2D eigenvalue weighted by atomic mass is 16.3. The van der Waals surface area contributed by atoms with Crippen molar-refractivity contribution in [3.8, 4) is 0 Å². The Kier molecular flexibility index (Phi) is 3.24. The molecular formula is C16H17N3O. The van der Waals surface area contributed by atoms with E-state index < -0.39 is 6.10 Å². The summed E-state index contributed by atoms with van der Waals surface area (Å²) in [7, 11) is 1.87. The molecule has 0 radical (unpaired) electrons. The van der Waals surface area contributed by atoms with Crippen LogP contribution in [0, 0.1) is 6.92 Å². The van der Waals surface area contributed by atoms with Gasteiger partial charge in [0.05, 0.1) is 16.9 Å². The number of aromatic nitrogens is 3. The van der Waals surface area contributed by atoms with Crippen molar-refractivity contribution in [2.24, 2.45) is 7.05 Å². The first-order valence-corrected chi connectivity index (χ1v) is 6.66. The van der Waals surface area contributed by atoms with Crippen LogP contribution in [0.1, 0.15) is 23.1 Å². The lowest BCUT2D eigenvalue weighted by Gasteiger charge is -2.11. The summed E-state index contributed by atoms with van der Waals surface area (Å²) in [5.74, 6) is 0. The van der Waals surface area contributed by atoms with Crippen LogP contribution in [0.4, 0.5) is 0 Å². The Hall–Kier alpha value is -2.20. The Morgan fingerprint density at radius 2 is 2.05 bits per heavy atom. The molecule has 102 valence electrons. The van der Waals surface area contributed by atoms with Crippen molar-refractivity contribution in [1.29, 1.82) is 0 Å². The zero-order valence-electron chi connectivity index (χ0n) is 11.6. The number of hydrogen-bond acceptors (Lipinski definition) is 3. The maximum atomic E-state index is 10.4. The summed E-state index contributed by atoms with van der Waals surface area (Å²) in [6, 6.07) is 11.9. The first-order valence-electron chi connectivity index (χ1n) is 6.66. The second-order valence-electron chi connectivity index (χ2n) is 5.08. The van der Waals surface area contributed by atoms with Crippen molar-refractivity contribution >= 4 is 10.9 Å². The molecule has 1 atom stereocenters. The molecule has 0 aliphatic heterocycles. The van der Waals surface area contributed by atoms with Crippen molar-refractivity contribution in [3.05, 3.63) is 59.5 Å². The van der Waals surface area contributed by atoms with E-state index in [0.717, 1.165) is 22.2 Å². The van der Waals surface area contributed by atoms with Crippen molar-refractivity contribution in [2.75, 3.05) is 0 Å². The van der Waals surface area contributed by atoms with Crippen LogP contribution in [0.3, 0.4) is 0 Å². The number of aryl methyl sites for hydroxylation is 2. The Morgan fingerprint density at radius 3 is 2.80 bits per heavy atom. The van der Waals surface area contributed by atoms with E-state index in [1.165, 1.54) is 0 Å². The molecule has 3 rings (SSSR count). The van der Waals surface area contributed by atoms with Gasteiger partial charge in [0, 0.05) is 25.1 Å². The number of aliphatic hydroxyl groups is 1. The minimum absolute atomic E-state index is 0.478. The Bertz CT molecular complexity index is 748. The van der Waals surface area contributed by atoms with Crippen LogP contribution < -0.4 is 0 Å². The smallest absolute Gasteiger partial charge is 0.102 e. The monoisotopic (exact) mass is 267 g/mol. The molecular weight excluding hydrogens is 250 g/mol. The van der Waals surface area contributed by atoms with Gasteiger partial charge in [-0.1, -0.05) is 18.2 Å². The van der Waals surface area contributed by atoms with E-state index in [2.05, 4.69) is 10.1 Å². The van der Waals surface area contributed by atoms with Gasteiger partial charge in [0.1, 0.15) is 6.10 Å². The number of aliphatic hydroxyl groups excluding tert-OH is 1. The van der Waals surface area contributed by atoms with E-state index in [0.29, 0.717) is 12.1 Å². The Labute approximate surface area is 117 Å². The molecule has 0 bridgehead atoms. The van der Waals surface area contributed by atoms with Crippen molar-refractivity contribution in [2.45, 2.75) is 19.4 Å². The van der Waals surface area contributed by atoms with E-state index in [1.807, 2.05) is 56.6 Å². The third-order valence-corrected chi connectivity index (χ3v) is 3.46. The van der Waals surface area contributed by atoms with Crippen LogP contribution in [0.2, 0.25) is 0 Å². The zero-order chi connectivity index (χ0) is 14.1. The minimum Gasteiger partial charge on any atom is -0.386 e. The van der Waals surface area contributed by atoms with Crippen molar-refractivity contribution in [1.82, 2.24) is 14.8 Å². The van der Waals surface area contributed by atoms with E-state index >= 15 is 0 Å². The van der Waals surface area contributed by atoms with E-state index in [1.54, 1.807) is 4.68 Å². The quantitative estimate of drug-likeness (QED) is 0.793. The molecule has 0 amide bonds. The van der Waals surface area contributed by atoms with Gasteiger partial charge in [-0.05, 0) is 30.7 Å². The summed E-state index contributed by atoms with van der Waals surface area (Å²) < 4.78 is 1.74. The fourth-order valence-electron chi connectivity index (χ4n) is 2.42. The lowest BCUT2D eigenvalue weighted by molar-refractivity contribution is 0.172. The van der Waals surface area contributed by atoms with Gasteiger partial charge in [0.25, 0.3) is 0 Å². The maximum absolute atomic E-state index is 10.4. The molecule has 2 aromatic heterocycles. The highest BCUT2D eigenvalue weighted by Gasteiger charge is 2.13. The highest BCUT2D eigenvalue weighted by molar-refractivity contribution is 5.82. The number of hydrogen-bond donors (Lipinski definition) is 1. The standard InChI is InChI=1S/C16H17N3O/c1-11-9-15(17-14-6-4-3-5-13(11)14)16(20)10-12-7-8-19(2)18-12/h3-9,16,20H,10H2,1-2H3. The van der Waals surface area contributed by atoms with Crippen LogP contribution in [-0.2, 0) is 13.5 Å². The Balaban J connectivity index is 1.93. The van der Waals surface area contributed by atoms with Gasteiger partial charge in [0.15, 0.2) is 0 Å². The third-order valence-electron chi connectivity index (χ3n) is 3.46. The number of para-hydroxylation sites is 1. The molecule has 0 saturated heterocycles. The first kappa shape index (κ1) is 12.8. The van der Waals surface area contributed by atoms with Gasteiger partial charge in [-0.2, -0.15) is 5.10 Å². The predicted molar refractivity (Wildman–Crippen MR) is 78.4 cm³/mol. The third kappa shape index (κ3) is 2.42. The molecule has 4 nitrogen and oxygen atoms in total. The summed E-state index contributed by atoms with van der Waals surface area (Å²) in [6.45, 7) is 2.04. The largest absolute Gasteiger partial charge is 0.386 e. The van der Waals surface area contributed by atoms with E-state index in [-0.39, 0.29) is 0 Å². The molecule has 20 heavy (non-hydrogen) atoms. The molecule has 0 fully saturated rings. The zero-order valence-corrected chi connectivity index (χ0v) is 11.6. The molecule has 1 unspecified atom stereocenters. The fourth-order valence-corrected chi connectivity index (χ4v) is 2.42. The van der Waals surface area contributed by atoms with Gasteiger partial charge in [0.2, 0.25) is 0 Å². The maximum Gasteiger partial charge on any atom is 0.102 e. The summed E-state index contributed by atoms with van der Waals surface area (Å²) in [5, 5.41) is 15.8. The SMILES string of the molecule is Cc1cc(C(O)Cc2ccn(C)n2)nc2ccccc12. The van der Waals surface area contributed by atoms with Gasteiger partial charge in [-0.25, -0.2) is 0 Å². The predicted octanol–water partition coefficient (Wildman–Crippen LogP) is 2.55. The second-order valence-corrected chi connectivity index (χ2v) is 5.08. The van der Waals surface area contributed by atoms with Crippen molar-refractivity contribution < 1.29 is 5.11 Å². The van der Waals surface area contributed by atoms with Gasteiger partial charge >= 0.3 is 0 Å². The molecule has 1 N–H and O–H groups in total. The molecule has 2 heterocycles. The van der Waals surface area contributed by atoms with E-state index in [9.17, 15) is 5.11 Å². The molecule has 1 aromatic carbocycles. The van der Waals surface area contributed by atoms with Crippen LogP contribution >= 0.6 is 0 Å². The van der Waals surface area contributed by atoms with E-state index in [4.69, 9.17) is 0 Å². The number of fused-ring (bicyclic) bond motifs is 1. The summed E-state index contributed by atoms with van der Waals surface area (Å²) >= 11 is 0. The highest BCUT2D eigenvalue weighted by Crippen LogP contribution is 2.22. The fraction of sp³-hybridized carbons (Fsp3) is 0.250. The Morgan fingerprint density at radius 1 is 1.25 bits per heavy atom. The average molecular weight is 267 g/mol. The molecule has 0 spiro atoms. The summed E-state index contributed by atoms with van der Waals surface area (Å²) in [5.41, 5.74) is 3.62. The van der Waals surface area contributed by atoms with Crippen LogP contribution in [0.5, 0.6) is 0 Å². The second kappa shape index (κ2) is 5.06. The summed E-state index contributed by atoms with van der Waals surface area (Å²) in [6.07, 6.45) is 1.72. The number of rotatable bonds is 3. The minimum atomic E-state index is -0.631. The molecule has 0 aliphatic carbocycles. The van der Waals surface area contributed by atoms with Crippen LogP contribution in [0.25, 0.3) is 10.9 Å². The first-order chi connectivity index (χ1) is 9.63. The lowest BCUT2D eigenvalue weighted by atomic mass is 10.0. The summed E-state index contributed by atoms with van der Waals surface area (Å²) in [4.78, 5) is 4.55.